The normalized spacial score (nSPS) is 16.7. The topological polar surface area (TPSA) is 35.5 Å². The highest BCUT2D eigenvalue weighted by atomic mass is 15.3. The zero-order valence-corrected chi connectivity index (χ0v) is 12.6. The molecule has 0 aliphatic carbocycles. The molecule has 5 heteroatoms. The van der Waals surface area contributed by atoms with Gasteiger partial charge in [-0.25, -0.2) is 4.98 Å². The lowest BCUT2D eigenvalue weighted by molar-refractivity contribution is 0.312. The SMILES string of the molecule is CCN(CC)c1nc(C)cc(N2CCN(C)CC2)n1. The van der Waals surface area contributed by atoms with E-state index >= 15 is 0 Å². The van der Waals surface area contributed by atoms with Crippen molar-refractivity contribution in [2.45, 2.75) is 20.8 Å². The Morgan fingerprint density at radius 1 is 1.11 bits per heavy atom. The molecule has 0 unspecified atom stereocenters. The van der Waals surface area contributed by atoms with Gasteiger partial charge in [0.1, 0.15) is 5.82 Å². The van der Waals surface area contributed by atoms with Gasteiger partial charge in [0.05, 0.1) is 0 Å². The minimum absolute atomic E-state index is 0.860. The Hall–Kier alpha value is -1.36. The van der Waals surface area contributed by atoms with Crippen molar-refractivity contribution in [1.29, 1.82) is 0 Å². The highest BCUT2D eigenvalue weighted by Crippen LogP contribution is 2.18. The Morgan fingerprint density at radius 2 is 1.74 bits per heavy atom. The second-order valence-electron chi connectivity index (χ2n) is 5.13. The van der Waals surface area contributed by atoms with Gasteiger partial charge in [0.2, 0.25) is 5.95 Å². The van der Waals surface area contributed by atoms with Crippen LogP contribution in [0.15, 0.2) is 6.07 Å². The molecule has 19 heavy (non-hydrogen) atoms. The molecule has 0 bridgehead atoms. The van der Waals surface area contributed by atoms with E-state index in [2.05, 4.69) is 46.6 Å². The van der Waals surface area contributed by atoms with Crippen molar-refractivity contribution in [3.63, 3.8) is 0 Å². The Bertz CT molecular complexity index is 408. The Morgan fingerprint density at radius 3 is 2.32 bits per heavy atom. The van der Waals surface area contributed by atoms with Crippen LogP contribution in [0.2, 0.25) is 0 Å². The summed E-state index contributed by atoms with van der Waals surface area (Å²) in [6.07, 6.45) is 0. The lowest BCUT2D eigenvalue weighted by Crippen LogP contribution is -2.45. The predicted molar refractivity (Wildman–Crippen MR) is 80.0 cm³/mol. The summed E-state index contributed by atoms with van der Waals surface area (Å²) in [5.74, 6) is 1.93. The second kappa shape index (κ2) is 6.19. The van der Waals surface area contributed by atoms with Crippen molar-refractivity contribution in [3.8, 4) is 0 Å². The molecule has 0 saturated carbocycles. The summed E-state index contributed by atoms with van der Waals surface area (Å²) >= 11 is 0. The zero-order valence-electron chi connectivity index (χ0n) is 12.6. The first-order chi connectivity index (χ1) is 9.13. The molecule has 2 heterocycles. The number of rotatable bonds is 4. The summed E-state index contributed by atoms with van der Waals surface area (Å²) in [6, 6.07) is 2.10. The van der Waals surface area contributed by atoms with Gasteiger partial charge >= 0.3 is 0 Å². The Labute approximate surface area is 116 Å². The van der Waals surface area contributed by atoms with Crippen LogP contribution in [0, 0.1) is 6.92 Å². The van der Waals surface area contributed by atoms with Crippen LogP contribution in [0.1, 0.15) is 19.5 Å². The summed E-state index contributed by atoms with van der Waals surface area (Å²) in [7, 11) is 2.17. The summed E-state index contributed by atoms with van der Waals surface area (Å²) in [5.41, 5.74) is 1.05. The fourth-order valence-corrected chi connectivity index (χ4v) is 2.38. The smallest absolute Gasteiger partial charge is 0.227 e. The van der Waals surface area contributed by atoms with E-state index in [1.165, 1.54) is 0 Å². The second-order valence-corrected chi connectivity index (χ2v) is 5.13. The molecule has 106 valence electrons. The van der Waals surface area contributed by atoms with Crippen LogP contribution in [0.4, 0.5) is 11.8 Å². The lowest BCUT2D eigenvalue weighted by Gasteiger charge is -2.33. The third-order valence-electron chi connectivity index (χ3n) is 3.70. The van der Waals surface area contributed by atoms with Crippen LogP contribution < -0.4 is 9.80 Å². The average Bonchev–Trinajstić information content (AvgIpc) is 2.40. The fourth-order valence-electron chi connectivity index (χ4n) is 2.38. The number of aromatic nitrogens is 2. The molecule has 0 N–H and O–H groups in total. The average molecular weight is 263 g/mol. The summed E-state index contributed by atoms with van der Waals surface area (Å²) < 4.78 is 0. The van der Waals surface area contributed by atoms with E-state index in [1.807, 2.05) is 6.92 Å². The van der Waals surface area contributed by atoms with Crippen molar-refractivity contribution in [1.82, 2.24) is 14.9 Å². The fraction of sp³-hybridized carbons (Fsp3) is 0.714. The van der Waals surface area contributed by atoms with E-state index in [4.69, 9.17) is 4.98 Å². The Balaban J connectivity index is 2.21. The summed E-state index contributed by atoms with van der Waals surface area (Å²) in [6.45, 7) is 12.5. The maximum atomic E-state index is 4.75. The van der Waals surface area contributed by atoms with E-state index in [1.54, 1.807) is 0 Å². The van der Waals surface area contributed by atoms with Crippen LogP contribution >= 0.6 is 0 Å². The number of likely N-dealkylation sites (N-methyl/N-ethyl adjacent to an activating group) is 1. The van der Waals surface area contributed by atoms with Crippen molar-refractivity contribution < 1.29 is 0 Å². The van der Waals surface area contributed by atoms with E-state index in [9.17, 15) is 0 Å². The summed E-state index contributed by atoms with van der Waals surface area (Å²) in [5, 5.41) is 0. The monoisotopic (exact) mass is 263 g/mol. The van der Waals surface area contributed by atoms with Crippen molar-refractivity contribution >= 4 is 11.8 Å². The molecule has 1 fully saturated rings. The van der Waals surface area contributed by atoms with Crippen LogP contribution in [-0.4, -0.2) is 61.2 Å². The number of aryl methyl sites for hydroxylation is 1. The van der Waals surface area contributed by atoms with Crippen molar-refractivity contribution in [2.75, 3.05) is 56.1 Å². The van der Waals surface area contributed by atoms with Gasteiger partial charge in [-0.2, -0.15) is 4.98 Å². The van der Waals surface area contributed by atoms with E-state index in [0.29, 0.717) is 0 Å². The first-order valence-electron chi connectivity index (χ1n) is 7.18. The standard InChI is InChI=1S/C14H25N5/c1-5-18(6-2)14-15-12(3)11-13(16-14)19-9-7-17(4)8-10-19/h11H,5-10H2,1-4H3. The number of hydrogen-bond acceptors (Lipinski definition) is 5. The third-order valence-corrected chi connectivity index (χ3v) is 3.70. The van der Waals surface area contributed by atoms with Crippen LogP contribution in [0.5, 0.6) is 0 Å². The van der Waals surface area contributed by atoms with Gasteiger partial charge in [0.15, 0.2) is 0 Å². The quantitative estimate of drug-likeness (QED) is 0.820. The molecular weight excluding hydrogens is 238 g/mol. The molecule has 1 saturated heterocycles. The molecule has 0 spiro atoms. The van der Waals surface area contributed by atoms with Crippen molar-refractivity contribution in [2.24, 2.45) is 0 Å². The minimum atomic E-state index is 0.860. The maximum Gasteiger partial charge on any atom is 0.227 e. The van der Waals surface area contributed by atoms with Gasteiger partial charge in [-0.05, 0) is 27.8 Å². The van der Waals surface area contributed by atoms with Gasteiger partial charge in [-0.3, -0.25) is 0 Å². The van der Waals surface area contributed by atoms with Gasteiger partial charge in [0, 0.05) is 51.0 Å². The molecule has 0 atom stereocenters. The predicted octanol–water partition coefficient (Wildman–Crippen LogP) is 1.38. The maximum absolute atomic E-state index is 4.75. The molecule has 1 aromatic rings. The third kappa shape index (κ3) is 3.35. The first-order valence-corrected chi connectivity index (χ1v) is 7.18. The molecule has 0 amide bonds. The highest BCUT2D eigenvalue weighted by molar-refractivity contribution is 5.46. The molecular formula is C14H25N5. The highest BCUT2D eigenvalue weighted by Gasteiger charge is 2.17. The first kappa shape index (κ1) is 14.1. The zero-order chi connectivity index (χ0) is 13.8. The van der Waals surface area contributed by atoms with Gasteiger partial charge < -0.3 is 14.7 Å². The van der Waals surface area contributed by atoms with Crippen LogP contribution in [0.3, 0.4) is 0 Å². The van der Waals surface area contributed by atoms with E-state index < -0.39 is 0 Å². The van der Waals surface area contributed by atoms with Gasteiger partial charge in [-0.1, -0.05) is 0 Å². The molecule has 1 aromatic heterocycles. The van der Waals surface area contributed by atoms with Gasteiger partial charge in [-0.15, -0.1) is 0 Å². The van der Waals surface area contributed by atoms with E-state index in [0.717, 1.165) is 56.7 Å². The largest absolute Gasteiger partial charge is 0.354 e. The number of piperazine rings is 1. The van der Waals surface area contributed by atoms with E-state index in [-0.39, 0.29) is 0 Å². The molecule has 1 aliphatic heterocycles. The Kier molecular flexibility index (Phi) is 4.58. The number of hydrogen-bond donors (Lipinski definition) is 0. The van der Waals surface area contributed by atoms with Gasteiger partial charge in [0.25, 0.3) is 0 Å². The minimum Gasteiger partial charge on any atom is -0.354 e. The number of anilines is 2. The van der Waals surface area contributed by atoms with Crippen LogP contribution in [-0.2, 0) is 0 Å². The molecule has 0 radical (unpaired) electrons. The molecule has 5 nitrogen and oxygen atoms in total. The van der Waals surface area contributed by atoms with Crippen molar-refractivity contribution in [3.05, 3.63) is 11.8 Å². The van der Waals surface area contributed by atoms with Crippen LogP contribution in [0.25, 0.3) is 0 Å². The molecule has 0 aromatic carbocycles. The lowest BCUT2D eigenvalue weighted by atomic mass is 10.3. The summed E-state index contributed by atoms with van der Waals surface area (Å²) in [4.78, 5) is 16.2. The molecule has 1 aliphatic rings. The number of nitrogens with zero attached hydrogens (tertiary/aromatic N) is 5. The molecule has 2 rings (SSSR count).